The fraction of sp³-hybridized carbons (Fsp3) is 0. The number of halogens is 3. The third-order valence-corrected chi connectivity index (χ3v) is 3.33. The lowest BCUT2D eigenvalue weighted by Crippen LogP contribution is -1.97. The molecular weight excluding hydrogens is 256 g/mol. The molecule has 0 amide bonds. The van der Waals surface area contributed by atoms with Crippen molar-refractivity contribution in [1.29, 1.82) is 0 Å². The number of pyridine rings is 1. The summed E-state index contributed by atoms with van der Waals surface area (Å²) in [4.78, 5) is 4.07. The summed E-state index contributed by atoms with van der Waals surface area (Å²) < 4.78 is 0. The minimum absolute atomic E-state index is 0.255. The first kappa shape index (κ1) is 10.6. The van der Waals surface area contributed by atoms with Crippen molar-refractivity contribution in [2.75, 3.05) is 11.5 Å². The molecule has 0 saturated carbocycles. The summed E-state index contributed by atoms with van der Waals surface area (Å²) in [6, 6.07) is 1.60. The van der Waals surface area contributed by atoms with Gasteiger partial charge in [0.2, 0.25) is 0 Å². The van der Waals surface area contributed by atoms with Crippen molar-refractivity contribution in [2.24, 2.45) is 0 Å². The largest absolute Gasteiger partial charge is 0.396 e. The molecule has 2 aromatic rings. The van der Waals surface area contributed by atoms with Crippen molar-refractivity contribution in [3.63, 3.8) is 0 Å². The molecule has 1 aromatic heterocycles. The number of hydrogen-bond donors (Lipinski definition) is 2. The summed E-state index contributed by atoms with van der Waals surface area (Å²) in [7, 11) is 0. The Morgan fingerprint density at radius 3 is 2.40 bits per heavy atom. The molecule has 6 heteroatoms. The van der Waals surface area contributed by atoms with E-state index in [-0.39, 0.29) is 10.0 Å². The van der Waals surface area contributed by atoms with E-state index < -0.39 is 0 Å². The van der Waals surface area contributed by atoms with Gasteiger partial charge >= 0.3 is 0 Å². The van der Waals surface area contributed by atoms with Crippen molar-refractivity contribution in [3.8, 4) is 0 Å². The van der Waals surface area contributed by atoms with E-state index >= 15 is 0 Å². The summed E-state index contributed by atoms with van der Waals surface area (Å²) >= 11 is 17.8. The highest BCUT2D eigenvalue weighted by Crippen LogP contribution is 2.39. The van der Waals surface area contributed by atoms with Crippen molar-refractivity contribution >= 4 is 57.1 Å². The highest BCUT2D eigenvalue weighted by Gasteiger charge is 2.13. The molecule has 0 bridgehead atoms. The Hall–Kier alpha value is -0.900. The van der Waals surface area contributed by atoms with Gasteiger partial charge in [0, 0.05) is 5.39 Å². The lowest BCUT2D eigenvalue weighted by molar-refractivity contribution is 1.41. The Labute approximate surface area is 101 Å². The van der Waals surface area contributed by atoms with Crippen LogP contribution in [0.3, 0.4) is 0 Å². The average molecular weight is 263 g/mol. The van der Waals surface area contributed by atoms with E-state index in [2.05, 4.69) is 4.98 Å². The van der Waals surface area contributed by atoms with Gasteiger partial charge in [0.1, 0.15) is 0 Å². The molecule has 2 rings (SSSR count). The van der Waals surface area contributed by atoms with E-state index in [1.807, 2.05) is 0 Å². The first-order chi connectivity index (χ1) is 7.02. The van der Waals surface area contributed by atoms with Crippen LogP contribution in [0, 0.1) is 0 Å². The maximum absolute atomic E-state index is 6.02. The summed E-state index contributed by atoms with van der Waals surface area (Å²) in [5.41, 5.74) is 12.7. The zero-order valence-electron chi connectivity index (χ0n) is 7.39. The van der Waals surface area contributed by atoms with E-state index in [4.69, 9.17) is 46.3 Å². The van der Waals surface area contributed by atoms with Gasteiger partial charge in [0.25, 0.3) is 0 Å². The van der Waals surface area contributed by atoms with E-state index in [1.54, 1.807) is 6.07 Å². The first-order valence-electron chi connectivity index (χ1n) is 3.99. The normalized spacial score (nSPS) is 10.9. The number of aromatic nitrogens is 1. The average Bonchev–Trinajstić information content (AvgIpc) is 2.20. The van der Waals surface area contributed by atoms with Gasteiger partial charge in [-0.1, -0.05) is 34.8 Å². The number of rotatable bonds is 0. The van der Waals surface area contributed by atoms with E-state index in [0.717, 1.165) is 0 Å². The first-order valence-corrected chi connectivity index (χ1v) is 5.13. The summed E-state index contributed by atoms with van der Waals surface area (Å²) in [6.45, 7) is 0. The predicted octanol–water partition coefficient (Wildman–Crippen LogP) is 3.36. The zero-order chi connectivity index (χ0) is 11.2. The molecule has 4 N–H and O–H groups in total. The molecule has 0 fully saturated rings. The van der Waals surface area contributed by atoms with Crippen LogP contribution in [0.4, 0.5) is 11.4 Å². The second kappa shape index (κ2) is 3.59. The number of nitrogens with two attached hydrogens (primary N) is 2. The number of anilines is 2. The van der Waals surface area contributed by atoms with Gasteiger partial charge in [-0.15, -0.1) is 0 Å². The summed E-state index contributed by atoms with van der Waals surface area (Å²) in [6.07, 6.45) is 1.46. The summed E-state index contributed by atoms with van der Waals surface area (Å²) in [5.74, 6) is 0. The van der Waals surface area contributed by atoms with Crippen LogP contribution in [0.2, 0.25) is 15.1 Å². The lowest BCUT2D eigenvalue weighted by Gasteiger charge is -2.08. The van der Waals surface area contributed by atoms with Gasteiger partial charge < -0.3 is 11.5 Å². The highest BCUT2D eigenvalue weighted by atomic mass is 35.5. The molecule has 0 aliphatic rings. The topological polar surface area (TPSA) is 64.9 Å². The second-order valence-corrected chi connectivity index (χ2v) is 4.17. The Balaban J connectivity index is 3.00. The van der Waals surface area contributed by atoms with Gasteiger partial charge in [-0.25, -0.2) is 0 Å². The molecule has 0 aliphatic carbocycles. The third-order valence-electron chi connectivity index (χ3n) is 2.06. The smallest absolute Gasteiger partial charge is 0.0787 e. The monoisotopic (exact) mass is 261 g/mol. The molecule has 1 aromatic carbocycles. The Bertz CT molecular complexity index is 554. The number of fused-ring (bicyclic) bond motifs is 1. The van der Waals surface area contributed by atoms with E-state index in [9.17, 15) is 0 Å². The number of hydrogen-bond acceptors (Lipinski definition) is 3. The van der Waals surface area contributed by atoms with Gasteiger partial charge in [-0.05, 0) is 6.07 Å². The highest BCUT2D eigenvalue weighted by molar-refractivity contribution is 6.51. The quantitative estimate of drug-likeness (QED) is 0.716. The van der Waals surface area contributed by atoms with Gasteiger partial charge in [0.15, 0.2) is 0 Å². The lowest BCUT2D eigenvalue weighted by atomic mass is 10.1. The zero-order valence-corrected chi connectivity index (χ0v) is 9.66. The van der Waals surface area contributed by atoms with Crippen LogP contribution in [-0.4, -0.2) is 4.98 Å². The summed E-state index contributed by atoms with van der Waals surface area (Å²) in [5, 5.41) is 1.40. The second-order valence-electron chi connectivity index (χ2n) is 3.01. The van der Waals surface area contributed by atoms with Crippen LogP contribution >= 0.6 is 34.8 Å². The minimum Gasteiger partial charge on any atom is -0.396 e. The van der Waals surface area contributed by atoms with Crippen LogP contribution in [0.5, 0.6) is 0 Å². The van der Waals surface area contributed by atoms with Crippen molar-refractivity contribution < 1.29 is 0 Å². The SMILES string of the molecule is Nc1cnc2cc(Cl)c(Cl)c(Cl)c2c1N. The number of benzene rings is 1. The van der Waals surface area contributed by atoms with Crippen molar-refractivity contribution in [2.45, 2.75) is 0 Å². The maximum Gasteiger partial charge on any atom is 0.0787 e. The molecule has 0 spiro atoms. The van der Waals surface area contributed by atoms with Gasteiger partial charge in [0.05, 0.1) is 38.2 Å². The van der Waals surface area contributed by atoms with E-state index in [0.29, 0.717) is 27.3 Å². The fourth-order valence-electron chi connectivity index (χ4n) is 1.29. The number of nitrogen functional groups attached to an aromatic ring is 2. The van der Waals surface area contributed by atoms with Crippen LogP contribution in [0.15, 0.2) is 12.3 Å². The molecular formula is C9H6Cl3N3. The van der Waals surface area contributed by atoms with Gasteiger partial charge in [-0.3, -0.25) is 4.98 Å². The van der Waals surface area contributed by atoms with Crippen molar-refractivity contribution in [3.05, 3.63) is 27.3 Å². The molecule has 0 unspecified atom stereocenters. The third kappa shape index (κ3) is 1.57. The fourth-order valence-corrected chi connectivity index (χ4v) is 1.99. The Morgan fingerprint density at radius 2 is 1.73 bits per heavy atom. The Morgan fingerprint density at radius 1 is 1.07 bits per heavy atom. The minimum atomic E-state index is 0.255. The molecule has 0 atom stereocenters. The van der Waals surface area contributed by atoms with Crippen LogP contribution in [0.25, 0.3) is 10.9 Å². The molecule has 1 heterocycles. The standard InChI is InChI=1S/C9H6Cl3N3/c10-3-1-5-6(8(12)7(3)11)9(14)4(13)2-15-5/h1-2H,13H2,(H2,14,15). The maximum atomic E-state index is 6.02. The molecule has 0 saturated heterocycles. The molecule has 78 valence electrons. The van der Waals surface area contributed by atoms with Gasteiger partial charge in [-0.2, -0.15) is 0 Å². The van der Waals surface area contributed by atoms with Crippen LogP contribution in [-0.2, 0) is 0 Å². The molecule has 0 radical (unpaired) electrons. The molecule has 3 nitrogen and oxygen atoms in total. The number of nitrogens with zero attached hydrogens (tertiary/aromatic N) is 1. The van der Waals surface area contributed by atoms with Crippen molar-refractivity contribution in [1.82, 2.24) is 4.98 Å². The van der Waals surface area contributed by atoms with E-state index in [1.165, 1.54) is 6.20 Å². The van der Waals surface area contributed by atoms with Crippen LogP contribution in [0.1, 0.15) is 0 Å². The Kier molecular flexibility index (Phi) is 2.54. The van der Waals surface area contributed by atoms with Crippen LogP contribution < -0.4 is 11.5 Å². The molecule has 0 aliphatic heterocycles. The molecule has 15 heavy (non-hydrogen) atoms. The predicted molar refractivity (Wildman–Crippen MR) is 65.6 cm³/mol.